The molecule has 0 saturated carbocycles. The van der Waals surface area contributed by atoms with Crippen LogP contribution in [0.15, 0.2) is 24.3 Å². The van der Waals surface area contributed by atoms with E-state index >= 15 is 0 Å². The Hall–Kier alpha value is -2.22. The fourth-order valence-corrected chi connectivity index (χ4v) is 3.72. The van der Waals surface area contributed by atoms with Crippen LogP contribution in [-0.4, -0.2) is 59.0 Å². The molecule has 7 nitrogen and oxygen atoms in total. The molecule has 0 aliphatic carbocycles. The van der Waals surface area contributed by atoms with Crippen LogP contribution < -0.4 is 10.1 Å². The molecule has 2 saturated heterocycles. The number of piperidine rings is 1. The van der Waals surface area contributed by atoms with Gasteiger partial charge in [0.1, 0.15) is 5.75 Å². The van der Waals surface area contributed by atoms with Crippen LogP contribution in [0.3, 0.4) is 0 Å². The molecule has 0 spiro atoms. The van der Waals surface area contributed by atoms with E-state index in [-0.39, 0.29) is 29.0 Å². The summed E-state index contributed by atoms with van der Waals surface area (Å²) in [5.74, 6) is 0.786. The third-order valence-corrected chi connectivity index (χ3v) is 5.06. The van der Waals surface area contributed by atoms with E-state index in [1.165, 1.54) is 4.90 Å². The van der Waals surface area contributed by atoms with Gasteiger partial charge in [-0.1, -0.05) is 17.8 Å². The predicted molar refractivity (Wildman–Crippen MR) is 91.3 cm³/mol. The summed E-state index contributed by atoms with van der Waals surface area (Å²) in [5, 5.41) is 2.68. The van der Waals surface area contributed by atoms with Crippen molar-refractivity contribution in [3.05, 3.63) is 24.3 Å². The van der Waals surface area contributed by atoms with E-state index in [4.69, 9.17) is 4.74 Å². The van der Waals surface area contributed by atoms with Gasteiger partial charge < -0.3 is 15.0 Å². The van der Waals surface area contributed by atoms with Crippen molar-refractivity contribution in [3.8, 4) is 5.75 Å². The Morgan fingerprint density at radius 2 is 2.04 bits per heavy atom. The smallest absolute Gasteiger partial charge is 0.321 e. The largest absolute Gasteiger partial charge is 0.497 e. The third-order valence-electron chi connectivity index (χ3n) is 4.22. The van der Waals surface area contributed by atoms with Crippen molar-refractivity contribution >= 4 is 34.6 Å². The van der Waals surface area contributed by atoms with Gasteiger partial charge >= 0.3 is 6.03 Å². The molecule has 0 aromatic heterocycles. The zero-order valence-electron chi connectivity index (χ0n) is 13.4. The SMILES string of the molecule is COc1cccc(NC(=O)N2CCC(N3C(=O)CSC3=O)CC2)c1. The van der Waals surface area contributed by atoms with E-state index in [2.05, 4.69) is 5.32 Å². The van der Waals surface area contributed by atoms with Crippen LogP contribution in [0.2, 0.25) is 0 Å². The fraction of sp³-hybridized carbons (Fsp3) is 0.438. The van der Waals surface area contributed by atoms with Gasteiger partial charge in [-0.3, -0.25) is 14.5 Å². The Morgan fingerprint density at radius 3 is 2.67 bits per heavy atom. The molecule has 2 aliphatic heterocycles. The zero-order valence-corrected chi connectivity index (χ0v) is 14.2. The van der Waals surface area contributed by atoms with Gasteiger partial charge in [-0.05, 0) is 25.0 Å². The lowest BCUT2D eigenvalue weighted by molar-refractivity contribution is -0.126. The van der Waals surface area contributed by atoms with Gasteiger partial charge in [0.05, 0.1) is 12.9 Å². The van der Waals surface area contributed by atoms with Gasteiger partial charge in [0, 0.05) is 30.9 Å². The molecule has 2 heterocycles. The minimum absolute atomic E-state index is 0.0964. The maximum absolute atomic E-state index is 12.3. The van der Waals surface area contributed by atoms with Gasteiger partial charge in [-0.15, -0.1) is 0 Å². The van der Waals surface area contributed by atoms with E-state index < -0.39 is 0 Å². The van der Waals surface area contributed by atoms with E-state index in [0.29, 0.717) is 37.4 Å². The summed E-state index contributed by atoms with van der Waals surface area (Å²) in [6.45, 7) is 1.03. The summed E-state index contributed by atoms with van der Waals surface area (Å²) < 4.78 is 5.14. The highest BCUT2D eigenvalue weighted by Crippen LogP contribution is 2.27. The molecule has 0 bridgehead atoms. The Labute approximate surface area is 144 Å². The molecule has 0 atom stereocenters. The molecule has 8 heteroatoms. The van der Waals surface area contributed by atoms with E-state index in [1.807, 2.05) is 12.1 Å². The number of methoxy groups -OCH3 is 1. The van der Waals surface area contributed by atoms with Crippen molar-refractivity contribution in [1.82, 2.24) is 9.80 Å². The van der Waals surface area contributed by atoms with Crippen molar-refractivity contribution in [2.45, 2.75) is 18.9 Å². The van der Waals surface area contributed by atoms with Crippen molar-refractivity contribution in [3.63, 3.8) is 0 Å². The zero-order chi connectivity index (χ0) is 17.1. The number of likely N-dealkylation sites (tertiary alicyclic amines) is 1. The number of anilines is 1. The van der Waals surface area contributed by atoms with Crippen LogP contribution in [0.4, 0.5) is 15.3 Å². The molecule has 0 unspecified atom stereocenters. The highest BCUT2D eigenvalue weighted by Gasteiger charge is 2.37. The second-order valence-electron chi connectivity index (χ2n) is 5.70. The summed E-state index contributed by atoms with van der Waals surface area (Å²) in [5.41, 5.74) is 0.669. The number of hydrogen-bond acceptors (Lipinski definition) is 5. The normalized spacial score (nSPS) is 18.9. The highest BCUT2D eigenvalue weighted by molar-refractivity contribution is 8.14. The Morgan fingerprint density at radius 1 is 1.29 bits per heavy atom. The fourth-order valence-electron chi connectivity index (χ4n) is 2.95. The Kier molecular flexibility index (Phi) is 4.94. The number of carbonyl (C=O) groups is 3. The molecule has 1 aromatic carbocycles. The molecule has 4 amide bonds. The molecule has 3 rings (SSSR count). The number of nitrogens with one attached hydrogen (secondary N) is 1. The minimum Gasteiger partial charge on any atom is -0.497 e. The van der Waals surface area contributed by atoms with Gasteiger partial charge in [0.2, 0.25) is 5.91 Å². The van der Waals surface area contributed by atoms with Crippen molar-refractivity contribution in [2.75, 3.05) is 31.3 Å². The lowest BCUT2D eigenvalue weighted by Gasteiger charge is -2.35. The number of hydrogen-bond donors (Lipinski definition) is 1. The van der Waals surface area contributed by atoms with Gasteiger partial charge in [0.25, 0.3) is 5.24 Å². The summed E-state index contributed by atoms with van der Waals surface area (Å²) in [6.07, 6.45) is 1.23. The van der Waals surface area contributed by atoms with Crippen LogP contribution in [0, 0.1) is 0 Å². The summed E-state index contributed by atoms with van der Waals surface area (Å²) in [7, 11) is 1.57. The summed E-state index contributed by atoms with van der Waals surface area (Å²) >= 11 is 1.05. The highest BCUT2D eigenvalue weighted by atomic mass is 32.2. The second kappa shape index (κ2) is 7.12. The molecule has 128 valence electrons. The van der Waals surface area contributed by atoms with Crippen LogP contribution >= 0.6 is 11.8 Å². The third kappa shape index (κ3) is 3.48. The van der Waals surface area contributed by atoms with Gasteiger partial charge in [-0.2, -0.15) is 0 Å². The van der Waals surface area contributed by atoms with Crippen molar-refractivity contribution in [2.24, 2.45) is 0 Å². The predicted octanol–water partition coefficient (Wildman–Crippen LogP) is 2.39. The average Bonchev–Trinajstić information content (AvgIpc) is 2.94. The topological polar surface area (TPSA) is 79.0 Å². The molecule has 0 radical (unpaired) electrons. The number of thioether (sulfide) groups is 1. The molecular formula is C16H19N3O4S. The average molecular weight is 349 g/mol. The van der Waals surface area contributed by atoms with Gasteiger partial charge in [0.15, 0.2) is 0 Å². The van der Waals surface area contributed by atoms with E-state index in [1.54, 1.807) is 24.1 Å². The molecular weight excluding hydrogens is 330 g/mol. The summed E-state index contributed by atoms with van der Waals surface area (Å²) in [4.78, 5) is 39.0. The van der Waals surface area contributed by atoms with Crippen LogP contribution in [0.1, 0.15) is 12.8 Å². The minimum atomic E-state index is -0.185. The standard InChI is InChI=1S/C16H19N3O4S/c1-23-13-4-2-3-11(9-13)17-15(21)18-7-5-12(6-8-18)19-14(20)10-24-16(19)22/h2-4,9,12H,5-8,10H2,1H3,(H,17,21). The lowest BCUT2D eigenvalue weighted by atomic mass is 10.0. The molecule has 2 fully saturated rings. The van der Waals surface area contributed by atoms with Gasteiger partial charge in [-0.25, -0.2) is 4.79 Å². The second-order valence-corrected chi connectivity index (χ2v) is 6.63. The first-order chi connectivity index (χ1) is 11.6. The first-order valence-electron chi connectivity index (χ1n) is 7.77. The number of benzene rings is 1. The Bertz CT molecular complexity index is 642. The van der Waals surface area contributed by atoms with Crippen LogP contribution in [0.25, 0.3) is 0 Å². The number of amides is 4. The van der Waals surface area contributed by atoms with Crippen molar-refractivity contribution in [1.29, 1.82) is 0 Å². The Balaban J connectivity index is 1.55. The number of rotatable bonds is 3. The first kappa shape index (κ1) is 16.6. The maximum atomic E-state index is 12.3. The summed E-state index contributed by atoms with van der Waals surface area (Å²) in [6, 6.07) is 6.89. The van der Waals surface area contributed by atoms with E-state index in [9.17, 15) is 14.4 Å². The quantitative estimate of drug-likeness (QED) is 0.906. The van der Waals surface area contributed by atoms with Crippen LogP contribution in [-0.2, 0) is 4.79 Å². The van der Waals surface area contributed by atoms with Crippen molar-refractivity contribution < 1.29 is 19.1 Å². The number of ether oxygens (including phenoxy) is 1. The maximum Gasteiger partial charge on any atom is 0.321 e. The molecule has 2 aliphatic rings. The number of urea groups is 1. The number of imide groups is 1. The monoisotopic (exact) mass is 349 g/mol. The molecule has 24 heavy (non-hydrogen) atoms. The van der Waals surface area contributed by atoms with Crippen LogP contribution in [0.5, 0.6) is 5.75 Å². The molecule has 1 N–H and O–H groups in total. The number of carbonyl (C=O) groups excluding carboxylic acids is 3. The van der Waals surface area contributed by atoms with E-state index in [0.717, 1.165) is 11.8 Å². The number of nitrogens with zero attached hydrogens (tertiary/aromatic N) is 2. The first-order valence-corrected chi connectivity index (χ1v) is 8.76. The lowest BCUT2D eigenvalue weighted by Crippen LogP contribution is -2.49. The molecule has 1 aromatic rings.